The van der Waals surface area contributed by atoms with Crippen LogP contribution in [0.3, 0.4) is 0 Å². The minimum absolute atomic E-state index is 0.000301. The SMILES string of the molecule is Cc1cnc(CONC(=O)[C@@H]2CC[C@@H]3CN2C(=O)N3OS(=O)(=O)O)cn1.Cn1cccc1CONC(=O)[C@@H]1CC[C@@H]2CN1C(=O)N2OS(=O)(=O)O.O=C(NOCc1ccon1)[C@@H]1CC[C@@H]2CN1C(=O)N2OS(=O)(=O)O.O=C(NOCc1ncn[nH]1)[C@@H]1CC[C@@H]2CN1C(=O)N2OS(=O)(=O)O. The second-order valence-corrected chi connectivity index (χ2v) is 26.3. The molecule has 9 N–H and O–H groups in total. The Bertz CT molecular complexity index is 3920. The van der Waals surface area contributed by atoms with Crippen LogP contribution >= 0.6 is 0 Å². The van der Waals surface area contributed by atoms with Crippen molar-refractivity contribution in [3.8, 4) is 0 Å². The van der Waals surface area contributed by atoms with Crippen molar-refractivity contribution in [2.45, 2.75) is 133 Å². The van der Waals surface area contributed by atoms with Crippen molar-refractivity contribution in [2.75, 3.05) is 26.2 Å². The average Bonchev–Trinajstić information content (AvgIpc) is 1.65. The van der Waals surface area contributed by atoms with Gasteiger partial charge in [-0.15, -0.1) is 17.1 Å². The topological polar surface area (TPSA) is 600 Å². The van der Waals surface area contributed by atoms with Crippen LogP contribution in [-0.2, 0) is 131 Å². The highest BCUT2D eigenvalue weighted by atomic mass is 32.3. The predicted octanol–water partition coefficient (Wildman–Crippen LogP) is -3.51. The number of urea groups is 4. The first-order valence-corrected chi connectivity index (χ1v) is 34.5. The Morgan fingerprint density at radius 2 is 0.889 bits per heavy atom. The zero-order chi connectivity index (χ0) is 71.7. The second-order valence-electron chi connectivity index (χ2n) is 22.2. The van der Waals surface area contributed by atoms with E-state index in [2.05, 4.69) is 73.9 Å². The van der Waals surface area contributed by atoms with Crippen LogP contribution < -0.4 is 21.9 Å². The molecule has 8 aliphatic heterocycles. The van der Waals surface area contributed by atoms with Gasteiger partial charge in [-0.1, -0.05) is 5.16 Å². The fraction of sp³-hybridized carbons (Fsp3) is 0.553. The number of carbonyl (C=O) groups excluding carboxylic acids is 8. The standard InChI is InChI=1S/C13H17N5O7S.C13H18N4O7S.C11H14N4O8S.C10H14N6O7S/c1-8-4-15-9(5-14-8)7-24-16-12(19)11-3-2-10-6-17(11)13(20)18(10)25-26(21,22)23;1-15-6-2-3-10(15)8-23-14-12(18)11-5-4-9-7-16(11)13(19)17(9)24-25(20,21)22;16-10(13-22-6-7-3-4-21-12-7)9-2-1-8-5-14(9)11(17)15(8)23-24(18,19)20;17-9(14-22-4-8-11-5-12-13-8)7-2-1-6-3-15(7)10(18)16(6)23-24(19,20)21/h4-5,10-11H,2-3,6-7H2,1H3,(H,16,19)(H,21,22,23);2-3,6,9,11H,4-5,7-8H2,1H3,(H,14,18)(H,20,21,22);3-4,8-9H,1-2,5-6H2,(H,13,16)(H,18,19,20);5-7H,1-4H2,(H,14,17)(H,11,12,13)(H,19,20,21)/t10-,11+;9-,11+;8-,9+;6-,7+/m1111/s1. The first-order valence-electron chi connectivity index (χ1n) is 29.1. The van der Waals surface area contributed by atoms with E-state index < -0.39 is 138 Å². The number of hydrogen-bond donors (Lipinski definition) is 9. The number of aromatic amines is 1. The van der Waals surface area contributed by atoms with Gasteiger partial charge in [0.05, 0.1) is 41.8 Å². The number of carbonyl (C=O) groups is 8. The largest absolute Gasteiger partial charge is 0.418 e. The highest BCUT2D eigenvalue weighted by molar-refractivity contribution is 7.81. The number of fused-ring (bicyclic) bond motifs is 8. The number of amides is 12. The summed E-state index contributed by atoms with van der Waals surface area (Å²) < 4.78 is 145. The molecule has 8 saturated heterocycles. The molecule has 48 nitrogen and oxygen atoms in total. The van der Waals surface area contributed by atoms with Crippen molar-refractivity contribution in [2.24, 2.45) is 7.05 Å². The van der Waals surface area contributed by atoms with Crippen LogP contribution in [0.25, 0.3) is 0 Å². The number of hydrogen-bond acceptors (Lipinski definition) is 30. The van der Waals surface area contributed by atoms with Crippen molar-refractivity contribution < 1.29 is 131 Å². The Hall–Kier alpha value is -9.01. The summed E-state index contributed by atoms with van der Waals surface area (Å²) in [7, 11) is -17.4. The van der Waals surface area contributed by atoms with E-state index in [9.17, 15) is 72.0 Å². The van der Waals surface area contributed by atoms with Crippen LogP contribution in [-0.4, -0.2) is 249 Å². The van der Waals surface area contributed by atoms with Crippen molar-refractivity contribution in [1.29, 1.82) is 0 Å². The van der Waals surface area contributed by atoms with Crippen molar-refractivity contribution in [1.82, 2.24) is 96.6 Å². The third-order valence-corrected chi connectivity index (χ3v) is 17.0. The lowest BCUT2D eigenvalue weighted by atomic mass is 10.0. The molecule has 0 unspecified atom stereocenters. The molecule has 0 saturated carbocycles. The molecular formula is C47H63N19O29S4. The molecule has 0 aliphatic carbocycles. The van der Waals surface area contributed by atoms with Gasteiger partial charge in [0.15, 0.2) is 5.82 Å². The molecule has 8 fully saturated rings. The average molecular weight is 1490 g/mol. The summed E-state index contributed by atoms with van der Waals surface area (Å²) in [6, 6.07) is -3.50. The number of piperidine rings is 4. The molecule has 4 aromatic heterocycles. The molecule has 12 amide bonds. The minimum Gasteiger partial charge on any atom is -0.364 e. The lowest BCUT2D eigenvalue weighted by Gasteiger charge is -2.28. The van der Waals surface area contributed by atoms with Crippen LogP contribution in [0.1, 0.15) is 80.0 Å². The maximum atomic E-state index is 12.3. The van der Waals surface area contributed by atoms with Crippen LogP contribution in [0.5, 0.6) is 0 Å². The van der Waals surface area contributed by atoms with Crippen molar-refractivity contribution >= 4 is 89.3 Å². The lowest BCUT2D eigenvalue weighted by molar-refractivity contribution is -0.140. The van der Waals surface area contributed by atoms with Gasteiger partial charge in [-0.25, -0.2) is 46.1 Å². The van der Waals surface area contributed by atoms with Gasteiger partial charge in [-0.3, -0.25) is 71.8 Å². The molecule has 12 rings (SSSR count). The van der Waals surface area contributed by atoms with Crippen molar-refractivity contribution in [3.05, 3.63) is 78.0 Å². The van der Waals surface area contributed by atoms with E-state index in [0.29, 0.717) is 88.8 Å². The molecule has 544 valence electrons. The Kier molecular flexibility index (Phi) is 23.6. The highest BCUT2D eigenvalue weighted by Crippen LogP contribution is 2.35. The number of aromatic nitrogens is 7. The molecule has 99 heavy (non-hydrogen) atoms. The number of nitrogens with one attached hydrogen (secondary N) is 5. The van der Waals surface area contributed by atoms with E-state index in [0.717, 1.165) is 21.2 Å². The summed E-state index contributed by atoms with van der Waals surface area (Å²) in [6.07, 6.45) is 10.1. The molecule has 8 atom stereocenters. The third kappa shape index (κ3) is 19.7. The number of hydroxylamine groups is 12. The molecule has 4 aromatic rings. The smallest absolute Gasteiger partial charge is 0.364 e. The zero-order valence-corrected chi connectivity index (χ0v) is 54.7. The van der Waals surface area contributed by atoms with Gasteiger partial charge in [0, 0.05) is 57.4 Å². The van der Waals surface area contributed by atoms with E-state index in [1.807, 2.05) is 29.9 Å². The van der Waals surface area contributed by atoms with Gasteiger partial charge in [0.1, 0.15) is 68.9 Å². The van der Waals surface area contributed by atoms with Crippen molar-refractivity contribution in [3.63, 3.8) is 0 Å². The molecule has 52 heteroatoms. The van der Waals surface area contributed by atoms with Gasteiger partial charge in [-0.2, -0.15) is 59.0 Å². The monoisotopic (exact) mass is 1490 g/mol. The van der Waals surface area contributed by atoms with Gasteiger partial charge < -0.3 is 28.7 Å². The summed E-state index contributed by atoms with van der Waals surface area (Å²) in [5, 5.41) is 12.1. The van der Waals surface area contributed by atoms with E-state index in [1.165, 1.54) is 28.6 Å². The Morgan fingerprint density at radius 3 is 1.20 bits per heavy atom. The lowest BCUT2D eigenvalue weighted by Crippen LogP contribution is -2.49. The summed E-state index contributed by atoms with van der Waals surface area (Å²) in [4.78, 5) is 134. The maximum absolute atomic E-state index is 12.3. The summed E-state index contributed by atoms with van der Waals surface area (Å²) in [6.45, 7) is 2.36. The minimum atomic E-state index is -4.82. The Morgan fingerprint density at radius 1 is 0.515 bits per heavy atom. The fourth-order valence-corrected chi connectivity index (χ4v) is 12.7. The summed E-state index contributed by atoms with van der Waals surface area (Å²) in [5.74, 6) is -1.77. The highest BCUT2D eigenvalue weighted by Gasteiger charge is 2.53. The third-order valence-electron chi connectivity index (χ3n) is 15.6. The maximum Gasteiger partial charge on any atom is 0.418 e. The van der Waals surface area contributed by atoms with E-state index >= 15 is 0 Å². The number of rotatable bonds is 24. The quantitative estimate of drug-likeness (QED) is 0.0243. The molecule has 12 heterocycles. The van der Waals surface area contributed by atoms with Gasteiger partial charge >= 0.3 is 65.7 Å². The van der Waals surface area contributed by atoms with Crippen LogP contribution in [0.15, 0.2) is 53.9 Å². The molecule has 0 aromatic carbocycles. The van der Waals surface area contributed by atoms with Crippen LogP contribution in [0.4, 0.5) is 19.2 Å². The van der Waals surface area contributed by atoms with Crippen LogP contribution in [0.2, 0.25) is 0 Å². The molecule has 0 radical (unpaired) electrons. The zero-order valence-electron chi connectivity index (χ0n) is 51.4. The molecule has 8 aliphatic rings. The predicted molar refractivity (Wildman–Crippen MR) is 310 cm³/mol. The first-order chi connectivity index (χ1) is 46.7. The van der Waals surface area contributed by atoms with E-state index in [-0.39, 0.29) is 52.6 Å². The van der Waals surface area contributed by atoms with Gasteiger partial charge in [-0.05, 0) is 70.4 Å². The van der Waals surface area contributed by atoms with Crippen LogP contribution in [0, 0.1) is 6.92 Å². The van der Waals surface area contributed by atoms with Gasteiger partial charge in [0.25, 0.3) is 23.6 Å². The Balaban J connectivity index is 0.000000154. The molecule has 0 spiro atoms. The number of aryl methyl sites for hydroxylation is 2. The van der Waals surface area contributed by atoms with E-state index in [1.54, 1.807) is 19.2 Å². The molecular weight excluding hydrogens is 1420 g/mol. The summed E-state index contributed by atoms with van der Waals surface area (Å²) >= 11 is 0. The molecule has 8 bridgehead atoms. The first kappa shape index (κ1) is 74.2. The normalized spacial score (nSPS) is 23.3. The Labute approximate surface area is 559 Å². The number of H-pyrrole nitrogens is 1. The second kappa shape index (κ2) is 31.5. The summed E-state index contributed by atoms with van der Waals surface area (Å²) in [5.41, 5.74) is 11.6. The van der Waals surface area contributed by atoms with E-state index in [4.69, 9.17) is 37.6 Å². The van der Waals surface area contributed by atoms with Gasteiger partial charge in [0.2, 0.25) is 0 Å². The number of nitrogens with zero attached hydrogens (tertiary/aromatic N) is 14. The fourth-order valence-electron chi connectivity index (χ4n) is 11.2.